The van der Waals surface area contributed by atoms with Crippen LogP contribution < -0.4 is 39.5 Å². The molecular formula is C123H169Mo2N4NaO2-2. The third-order valence-corrected chi connectivity index (χ3v) is 35.2. The molecule has 0 saturated heterocycles. The van der Waals surface area contributed by atoms with Crippen LogP contribution in [0, 0.1) is 56.8 Å². The average molecular weight is 1950 g/mol. The fourth-order valence-electron chi connectivity index (χ4n) is 22.5. The van der Waals surface area contributed by atoms with Gasteiger partial charge in [-0.1, -0.05) is 289 Å². The van der Waals surface area contributed by atoms with Gasteiger partial charge in [-0.15, -0.1) is 0 Å². The van der Waals surface area contributed by atoms with Crippen molar-refractivity contribution < 1.29 is 75.6 Å². The number of para-hydroxylation sites is 2. The van der Waals surface area contributed by atoms with Crippen molar-refractivity contribution in [2.24, 2.45) is 42.5 Å². The molecule has 8 bridgehead atoms. The summed E-state index contributed by atoms with van der Waals surface area (Å²) in [6.45, 7) is 67.8. The summed E-state index contributed by atoms with van der Waals surface area (Å²) in [5.41, 5.74) is 31.0. The third-order valence-electron chi connectivity index (χ3n) is 29.3. The van der Waals surface area contributed by atoms with Gasteiger partial charge >= 0.3 is 315 Å². The fraction of sp³-hybridized carbons (Fsp3) is 0.520. The summed E-state index contributed by atoms with van der Waals surface area (Å²) in [5, 5.41) is 24.2. The van der Waals surface area contributed by atoms with E-state index in [1.165, 1.54) is 177 Å². The molecule has 8 fully saturated rings. The Kier molecular flexibility index (Phi) is 39.6. The Bertz CT molecular complexity index is 4780. The molecule has 8 aromatic carbocycles. The van der Waals surface area contributed by atoms with Gasteiger partial charge in [0.2, 0.25) is 0 Å². The van der Waals surface area contributed by atoms with Crippen molar-refractivity contribution in [2.45, 2.75) is 378 Å². The van der Waals surface area contributed by atoms with E-state index >= 15 is 0 Å². The summed E-state index contributed by atoms with van der Waals surface area (Å²) >= 11 is -0.705. The number of aromatic hydroxyl groups is 2. The fourth-order valence-corrected chi connectivity index (χ4v) is 26.9. The molecule has 708 valence electrons. The summed E-state index contributed by atoms with van der Waals surface area (Å²) < 4.78 is 15.9. The molecule has 132 heavy (non-hydrogen) atoms. The van der Waals surface area contributed by atoms with Gasteiger partial charge in [0.05, 0.1) is 0 Å². The largest absolute Gasteiger partial charge is 1.00 e. The quantitative estimate of drug-likeness (QED) is 0.0522. The Labute approximate surface area is 841 Å². The molecular weight excluding hydrogens is 1780 g/mol. The maximum absolute atomic E-state index is 12.1. The molecule has 8 aliphatic carbocycles. The summed E-state index contributed by atoms with van der Waals surface area (Å²) in [6, 6.07) is 61.4. The zero-order valence-corrected chi connectivity index (χ0v) is 93.9. The first kappa shape index (κ1) is 109. The number of hydrogen-bond acceptors (Lipinski definition) is 4. The predicted octanol–water partition coefficient (Wildman–Crippen LogP) is 32.3. The van der Waals surface area contributed by atoms with Crippen molar-refractivity contribution >= 4 is 8.80 Å². The van der Waals surface area contributed by atoms with E-state index in [0.717, 1.165) is 69.1 Å². The van der Waals surface area contributed by atoms with E-state index < -0.39 is 0 Å². The Hall–Kier alpha value is -6.36. The van der Waals surface area contributed by atoms with Crippen molar-refractivity contribution in [2.75, 3.05) is 0 Å². The van der Waals surface area contributed by atoms with Gasteiger partial charge in [0.1, 0.15) is 11.5 Å². The second-order valence-corrected chi connectivity index (χ2v) is 48.3. The summed E-state index contributed by atoms with van der Waals surface area (Å²) in [7, 11) is 0. The van der Waals surface area contributed by atoms with E-state index in [1.54, 1.807) is 12.4 Å². The Morgan fingerprint density at radius 2 is 0.508 bits per heavy atom. The van der Waals surface area contributed by atoms with Crippen molar-refractivity contribution in [1.82, 2.24) is 9.97 Å². The molecule has 2 aromatic heterocycles. The molecule has 0 atom stereocenters. The van der Waals surface area contributed by atoms with E-state index in [2.05, 4.69) is 358 Å². The van der Waals surface area contributed by atoms with Crippen molar-refractivity contribution in [3.05, 3.63) is 279 Å². The SMILES string of the molecule is CC(C)([CH]=[Mo]=[N]C12CC3CC(CC(C3)C1)C2)c1ccccc1.CC(C)([CH]=[Mo]=[N]C12CC3CC(CC(C3)C1)C2)c1ccccc1.CC(C)c1cc(C(C)C)c(-c2cccc(-c3c(C(C)C)cc(C(C)C)cc3C(C)C)c2O)c(C(C)C)c1.CC(C)c1cc(C(C)C)c(-c2cccc(-c3c(C(C)C)cc(C(C)C)cc3C(C)C)c2O)c(C(C)C)c1.Cc1ccc[n-]1.Cc1ccc[n-]1.[CH3-].[Na+]. The minimum Gasteiger partial charge on any atom is -0.668 e. The molecule has 0 radical (unpaired) electrons. The molecule has 0 unspecified atom stereocenters. The van der Waals surface area contributed by atoms with Crippen molar-refractivity contribution in [1.29, 1.82) is 0 Å². The van der Waals surface area contributed by atoms with Crippen molar-refractivity contribution in [3.63, 3.8) is 0 Å². The summed E-state index contributed by atoms with van der Waals surface area (Å²) in [5.74, 6) is 11.6. The predicted molar refractivity (Wildman–Crippen MR) is 560 cm³/mol. The Morgan fingerprint density at radius 3 is 0.667 bits per heavy atom. The van der Waals surface area contributed by atoms with E-state index in [1.807, 2.05) is 38.1 Å². The number of phenols is 2. The zero-order chi connectivity index (χ0) is 94.8. The summed E-state index contributed by atoms with van der Waals surface area (Å²) in [4.78, 5) is 7.83. The summed E-state index contributed by atoms with van der Waals surface area (Å²) in [6.07, 6.45) is 21.2. The van der Waals surface area contributed by atoms with Crippen LogP contribution >= 0.6 is 0 Å². The second kappa shape index (κ2) is 47.8. The first-order valence-corrected chi connectivity index (χ1v) is 54.5. The van der Waals surface area contributed by atoms with E-state index in [4.69, 9.17) is 6.99 Å². The van der Waals surface area contributed by atoms with Crippen LogP contribution in [0.5, 0.6) is 11.5 Å². The minimum atomic E-state index is -0.353. The molecule has 10 aromatic rings. The maximum atomic E-state index is 12.1. The molecule has 8 saturated carbocycles. The number of aryl methyl sites for hydroxylation is 2. The number of aromatic nitrogens is 2. The molecule has 9 heteroatoms. The van der Waals surface area contributed by atoms with Gasteiger partial charge in [0.25, 0.3) is 0 Å². The van der Waals surface area contributed by atoms with Crippen LogP contribution in [0.25, 0.3) is 44.5 Å². The van der Waals surface area contributed by atoms with Gasteiger partial charge in [-0.3, -0.25) is 0 Å². The molecule has 2 heterocycles. The normalized spacial score (nSPS) is 19.7. The number of phenolic OH excluding ortho intramolecular Hbond substituents is 2. The van der Waals surface area contributed by atoms with Gasteiger partial charge in [0, 0.05) is 22.3 Å². The van der Waals surface area contributed by atoms with E-state index in [9.17, 15) is 10.2 Å². The van der Waals surface area contributed by atoms with Gasteiger partial charge < -0.3 is 27.6 Å². The van der Waals surface area contributed by atoms with Crippen LogP contribution in [0.1, 0.15) is 431 Å². The molecule has 6 nitrogen and oxygen atoms in total. The zero-order valence-electron chi connectivity index (χ0n) is 87.9. The second-order valence-electron chi connectivity index (χ2n) is 45.2. The van der Waals surface area contributed by atoms with Crippen LogP contribution in [0.4, 0.5) is 0 Å². The Morgan fingerprint density at radius 1 is 0.303 bits per heavy atom. The molecule has 0 aliphatic heterocycles. The van der Waals surface area contributed by atoms with Crippen LogP contribution in [0.2, 0.25) is 0 Å². The molecule has 2 N–H and O–H groups in total. The molecule has 0 amide bonds. The van der Waals surface area contributed by atoms with Crippen LogP contribution in [-0.2, 0) is 46.7 Å². The van der Waals surface area contributed by atoms with Crippen LogP contribution in [-0.4, -0.2) is 30.1 Å². The minimum absolute atomic E-state index is 0. The molecule has 8 aliphatic rings. The van der Waals surface area contributed by atoms with E-state index in [-0.39, 0.29) is 83.7 Å². The molecule has 0 spiro atoms. The van der Waals surface area contributed by atoms with Crippen LogP contribution in [0.15, 0.2) is 189 Å². The Balaban J connectivity index is 0.000000192. The van der Waals surface area contributed by atoms with Gasteiger partial charge in [-0.05, 0) is 160 Å². The van der Waals surface area contributed by atoms with E-state index in [0.29, 0.717) is 93.6 Å². The van der Waals surface area contributed by atoms with Gasteiger partial charge in [0.15, 0.2) is 0 Å². The van der Waals surface area contributed by atoms with Crippen LogP contribution in [0.3, 0.4) is 0 Å². The third kappa shape index (κ3) is 27.2. The number of benzene rings is 8. The van der Waals surface area contributed by atoms with Gasteiger partial charge in [-0.25, -0.2) is 0 Å². The average Bonchev–Trinajstić information content (AvgIpc) is 0.835. The number of nitrogens with zero attached hydrogens (tertiary/aromatic N) is 4. The maximum Gasteiger partial charge on any atom is 1.00 e. The first-order chi connectivity index (χ1) is 61.4. The topological polar surface area (TPSA) is 93.4 Å². The smallest absolute Gasteiger partial charge is 0.668 e. The molecule has 18 rings (SSSR count). The standard InChI is InChI=1S/2C36H50O.2C10H15N.2C10H12.2C5H6N.CH3.2Mo.Na/c2*1-20(2)26-16-30(22(5)6)34(31(17-26)23(7)8)28-14-13-15-29(36(28)37)35-32(24(9)10)18-27(21(3)4)19-33(35)25(11)12;2*11-10-4-7-1-8(5-10)3-9(2-7)6-10;2*1-10(2,3)9-7-5-4-6-8-9;2*1-5-3-2-4-6-5;;;;/h2*13-25,37H,1-12H3;2*7-9H,1-6H2;2*1,4-8H,2-3H3;2*2-4H,1H3;1H3;;;/q;;;;;;3*-1;;;+1. The first-order valence-electron chi connectivity index (χ1n) is 50.4. The monoisotopic (exact) mass is 1950 g/mol. The van der Waals surface area contributed by atoms with Gasteiger partial charge in [-0.2, -0.15) is 23.8 Å². The number of hydrogen-bond donors (Lipinski definition) is 2. The van der Waals surface area contributed by atoms with Crippen molar-refractivity contribution in [3.8, 4) is 56.0 Å². The number of rotatable bonds is 22.